The van der Waals surface area contributed by atoms with Crippen LogP contribution in [0.5, 0.6) is 17.2 Å². The van der Waals surface area contributed by atoms with Crippen LogP contribution in [-0.4, -0.2) is 77.9 Å². The van der Waals surface area contributed by atoms with Crippen LogP contribution in [0.15, 0.2) is 48.7 Å². The van der Waals surface area contributed by atoms with Gasteiger partial charge in [0, 0.05) is 43.5 Å². The number of fused-ring (bicyclic) bond motifs is 1. The number of anilines is 1. The van der Waals surface area contributed by atoms with Gasteiger partial charge in [0.25, 0.3) is 11.7 Å². The molecular formula is C29H34N6O4. The number of benzene rings is 2. The van der Waals surface area contributed by atoms with Crippen molar-refractivity contribution in [3.63, 3.8) is 0 Å². The van der Waals surface area contributed by atoms with Gasteiger partial charge in [-0.1, -0.05) is 45.0 Å². The summed E-state index contributed by atoms with van der Waals surface area (Å²) >= 11 is 0. The lowest BCUT2D eigenvalue weighted by molar-refractivity contribution is 0.0745. The molecule has 1 amide bonds. The maximum absolute atomic E-state index is 13.3. The van der Waals surface area contributed by atoms with Crippen LogP contribution in [0.2, 0.25) is 0 Å². The van der Waals surface area contributed by atoms with E-state index in [1.165, 1.54) is 26.9 Å². The molecule has 0 unspecified atom stereocenters. The summed E-state index contributed by atoms with van der Waals surface area (Å²) in [7, 11) is 4.61. The predicted molar refractivity (Wildman–Crippen MR) is 149 cm³/mol. The van der Waals surface area contributed by atoms with E-state index in [9.17, 15) is 4.79 Å². The molecule has 39 heavy (non-hydrogen) atoms. The van der Waals surface area contributed by atoms with Crippen molar-refractivity contribution in [3.05, 3.63) is 59.8 Å². The third kappa shape index (κ3) is 5.06. The first-order valence-electron chi connectivity index (χ1n) is 12.9. The van der Waals surface area contributed by atoms with Crippen molar-refractivity contribution in [2.24, 2.45) is 0 Å². The smallest absolute Gasteiger partial charge is 0.254 e. The second kappa shape index (κ2) is 10.4. The Kier molecular flexibility index (Phi) is 7.03. The Morgan fingerprint density at radius 3 is 2.08 bits per heavy atom. The zero-order valence-electron chi connectivity index (χ0n) is 23.3. The summed E-state index contributed by atoms with van der Waals surface area (Å²) in [5.74, 6) is 2.39. The highest BCUT2D eigenvalue weighted by molar-refractivity contribution is 5.95. The molecule has 1 saturated heterocycles. The minimum Gasteiger partial charge on any atom is -0.493 e. The molecule has 0 spiro atoms. The molecule has 204 valence electrons. The van der Waals surface area contributed by atoms with Crippen molar-refractivity contribution in [1.29, 1.82) is 0 Å². The lowest BCUT2D eigenvalue weighted by Gasteiger charge is -2.34. The van der Waals surface area contributed by atoms with E-state index in [-0.39, 0.29) is 11.3 Å². The molecular weight excluding hydrogens is 496 g/mol. The molecule has 0 atom stereocenters. The number of ether oxygens (including phenoxy) is 3. The third-order valence-electron chi connectivity index (χ3n) is 7.04. The molecule has 2 aromatic carbocycles. The maximum Gasteiger partial charge on any atom is 0.254 e. The van der Waals surface area contributed by atoms with Gasteiger partial charge in [-0.25, -0.2) is 4.98 Å². The molecule has 0 bridgehead atoms. The van der Waals surface area contributed by atoms with Crippen molar-refractivity contribution < 1.29 is 19.0 Å². The molecule has 1 aliphatic rings. The summed E-state index contributed by atoms with van der Waals surface area (Å²) in [6.45, 7) is 8.86. The van der Waals surface area contributed by atoms with E-state index in [4.69, 9.17) is 19.3 Å². The quantitative estimate of drug-likeness (QED) is 0.368. The lowest BCUT2D eigenvalue weighted by Crippen LogP contribution is -2.49. The third-order valence-corrected chi connectivity index (χ3v) is 7.04. The van der Waals surface area contributed by atoms with E-state index in [1.54, 1.807) is 22.8 Å². The Morgan fingerprint density at radius 2 is 1.51 bits per heavy atom. The van der Waals surface area contributed by atoms with Crippen LogP contribution in [-0.2, 0) is 5.41 Å². The van der Waals surface area contributed by atoms with E-state index >= 15 is 0 Å². The molecule has 4 aromatic rings. The van der Waals surface area contributed by atoms with Crippen LogP contribution in [0.3, 0.4) is 0 Å². The summed E-state index contributed by atoms with van der Waals surface area (Å²) < 4.78 is 18.0. The first-order chi connectivity index (χ1) is 18.7. The molecule has 1 fully saturated rings. The topological polar surface area (TPSA) is 94.3 Å². The fraction of sp³-hybridized carbons (Fsp3) is 0.379. The van der Waals surface area contributed by atoms with Gasteiger partial charge in [-0.05, 0) is 29.2 Å². The summed E-state index contributed by atoms with van der Waals surface area (Å²) in [6.07, 6.45) is 1.76. The van der Waals surface area contributed by atoms with Crippen LogP contribution < -0.4 is 19.1 Å². The Morgan fingerprint density at radius 1 is 0.872 bits per heavy atom. The lowest BCUT2D eigenvalue weighted by atomic mass is 9.86. The number of amides is 1. The highest BCUT2D eigenvalue weighted by Crippen LogP contribution is 2.38. The monoisotopic (exact) mass is 530 g/mol. The van der Waals surface area contributed by atoms with Crippen LogP contribution in [0.1, 0.15) is 36.7 Å². The van der Waals surface area contributed by atoms with Crippen molar-refractivity contribution >= 4 is 17.6 Å². The van der Waals surface area contributed by atoms with Crippen LogP contribution >= 0.6 is 0 Å². The first-order valence-corrected chi connectivity index (χ1v) is 12.9. The van der Waals surface area contributed by atoms with Crippen molar-refractivity contribution in [1.82, 2.24) is 24.5 Å². The fourth-order valence-electron chi connectivity index (χ4n) is 4.77. The molecule has 2 aromatic heterocycles. The fourth-order valence-corrected chi connectivity index (χ4v) is 4.77. The largest absolute Gasteiger partial charge is 0.493 e. The van der Waals surface area contributed by atoms with E-state index in [2.05, 4.69) is 59.9 Å². The highest BCUT2D eigenvalue weighted by atomic mass is 16.5. The summed E-state index contributed by atoms with van der Waals surface area (Å²) in [6, 6.07) is 13.9. The number of carbonyl (C=O) groups excluding carboxylic acids is 1. The minimum absolute atomic E-state index is 0.0849. The number of hydrogen-bond acceptors (Lipinski definition) is 8. The van der Waals surface area contributed by atoms with Crippen molar-refractivity contribution in [2.45, 2.75) is 26.2 Å². The zero-order chi connectivity index (χ0) is 27.7. The number of hydrogen-bond donors (Lipinski definition) is 0. The molecule has 0 N–H and O–H groups in total. The Hall–Kier alpha value is -4.34. The molecule has 0 saturated carbocycles. The van der Waals surface area contributed by atoms with Gasteiger partial charge < -0.3 is 24.0 Å². The van der Waals surface area contributed by atoms with Gasteiger partial charge in [-0.15, -0.1) is 5.10 Å². The van der Waals surface area contributed by atoms with Gasteiger partial charge >= 0.3 is 0 Å². The van der Waals surface area contributed by atoms with Crippen LogP contribution in [0, 0.1) is 0 Å². The van der Waals surface area contributed by atoms with Gasteiger partial charge in [0.2, 0.25) is 11.7 Å². The molecule has 0 aliphatic carbocycles. The van der Waals surface area contributed by atoms with E-state index < -0.39 is 0 Å². The number of nitrogens with zero attached hydrogens (tertiary/aromatic N) is 6. The van der Waals surface area contributed by atoms with E-state index in [1.807, 2.05) is 11.0 Å². The van der Waals surface area contributed by atoms with E-state index in [0.717, 1.165) is 11.3 Å². The number of rotatable bonds is 6. The average molecular weight is 531 g/mol. The standard InChI is InChI=1S/C29H34N6O4/c1-29(2,3)21-9-7-19(8-10-21)22-11-12-30-27-31-28(32-35(22)27)34-15-13-33(14-16-34)26(36)20-17-23(37-4)25(39-6)24(18-20)38-5/h7-12,17-18H,13-16H2,1-6H3. The molecule has 3 heterocycles. The normalized spacial score (nSPS) is 14.0. The molecule has 5 rings (SSSR count). The van der Waals surface area contributed by atoms with Gasteiger partial charge in [0.15, 0.2) is 11.5 Å². The molecule has 10 heteroatoms. The van der Waals surface area contributed by atoms with Gasteiger partial charge in [0.05, 0.1) is 27.0 Å². The number of aromatic nitrogens is 4. The number of piperazine rings is 1. The zero-order valence-corrected chi connectivity index (χ0v) is 23.3. The van der Waals surface area contributed by atoms with Crippen molar-refractivity contribution in [2.75, 3.05) is 52.4 Å². The predicted octanol–water partition coefficient (Wildman–Crippen LogP) is 4.08. The summed E-state index contributed by atoms with van der Waals surface area (Å²) in [5.41, 5.74) is 3.81. The molecule has 1 aliphatic heterocycles. The summed E-state index contributed by atoms with van der Waals surface area (Å²) in [5, 5.41) is 4.79. The number of carbonyl (C=O) groups is 1. The first kappa shape index (κ1) is 26.3. The SMILES string of the molecule is COc1cc(C(=O)N2CCN(c3nc4nccc(-c5ccc(C(C)(C)C)cc5)n4n3)CC2)cc(OC)c1OC. The highest BCUT2D eigenvalue weighted by Gasteiger charge is 2.27. The Balaban J connectivity index is 1.33. The van der Waals surface area contributed by atoms with Crippen molar-refractivity contribution in [3.8, 4) is 28.5 Å². The van der Waals surface area contributed by atoms with Gasteiger partial charge in [-0.2, -0.15) is 9.50 Å². The average Bonchev–Trinajstić information content (AvgIpc) is 3.40. The van der Waals surface area contributed by atoms with Crippen LogP contribution in [0.4, 0.5) is 5.95 Å². The van der Waals surface area contributed by atoms with Gasteiger partial charge in [-0.3, -0.25) is 4.79 Å². The second-order valence-corrected chi connectivity index (χ2v) is 10.5. The summed E-state index contributed by atoms with van der Waals surface area (Å²) in [4.78, 5) is 26.3. The second-order valence-electron chi connectivity index (χ2n) is 10.5. The van der Waals surface area contributed by atoms with Crippen LogP contribution in [0.25, 0.3) is 17.0 Å². The maximum atomic E-state index is 13.3. The number of methoxy groups -OCH3 is 3. The molecule has 10 nitrogen and oxygen atoms in total. The Bertz CT molecular complexity index is 1460. The Labute approximate surface area is 228 Å². The van der Waals surface area contributed by atoms with E-state index in [0.29, 0.717) is 60.7 Å². The van der Waals surface area contributed by atoms with Gasteiger partial charge in [0.1, 0.15) is 0 Å². The minimum atomic E-state index is -0.0977. The molecule has 0 radical (unpaired) electrons.